The summed E-state index contributed by atoms with van der Waals surface area (Å²) in [5, 5.41) is 83.2. The van der Waals surface area contributed by atoms with Crippen LogP contribution in [0.4, 0.5) is 0 Å². The standard InChI is InChI=1S/C12H23NO10.C3H6O3/c13-5-8(18)6(16)3(1-14)22-12(5)23-10-7(17)4(2-15)21-11(20)9(10)19;4-1-3(6)2-5/h3-12,14-20H,1-2,13H2;1,3,5-6H,2H2/t3-,4-,5-,6+,7+,8-,9-,10+,11+,12+;3-/m10/s1. The van der Waals surface area contributed by atoms with Crippen LogP contribution in [0.25, 0.3) is 0 Å². The van der Waals surface area contributed by atoms with Gasteiger partial charge in [-0.15, -0.1) is 0 Å². The van der Waals surface area contributed by atoms with E-state index in [1.165, 1.54) is 0 Å². The summed E-state index contributed by atoms with van der Waals surface area (Å²) >= 11 is 0. The molecular weight excluding hydrogens is 402 g/mol. The maximum absolute atomic E-state index is 10.0. The number of nitrogens with two attached hydrogens (primary N) is 1. The zero-order valence-electron chi connectivity index (χ0n) is 15.3. The summed E-state index contributed by atoms with van der Waals surface area (Å²) in [6.07, 6.45) is -13.9. The fourth-order valence-corrected chi connectivity index (χ4v) is 2.65. The first kappa shape index (κ1) is 26.2. The highest BCUT2D eigenvalue weighted by atomic mass is 16.7. The molecule has 0 aromatic heterocycles. The number of hydrogen-bond donors (Lipinski definition) is 10. The zero-order valence-corrected chi connectivity index (χ0v) is 15.3. The van der Waals surface area contributed by atoms with Crippen molar-refractivity contribution in [3.05, 3.63) is 0 Å². The van der Waals surface area contributed by atoms with Crippen LogP contribution in [0, 0.1) is 0 Å². The first-order valence-corrected chi connectivity index (χ1v) is 8.71. The van der Waals surface area contributed by atoms with E-state index in [-0.39, 0.29) is 6.29 Å². The number of carbonyl (C=O) groups is 1. The number of aldehydes is 1. The van der Waals surface area contributed by atoms with E-state index in [4.69, 9.17) is 40.4 Å². The molecule has 0 bridgehead atoms. The van der Waals surface area contributed by atoms with E-state index in [1.807, 2.05) is 0 Å². The lowest BCUT2D eigenvalue weighted by molar-refractivity contribution is -0.340. The van der Waals surface area contributed by atoms with Crippen molar-refractivity contribution < 1.29 is 65.0 Å². The van der Waals surface area contributed by atoms with Gasteiger partial charge < -0.3 is 70.7 Å². The van der Waals surface area contributed by atoms with E-state index in [9.17, 15) is 30.3 Å². The molecular formula is C15H29NO13. The lowest BCUT2D eigenvalue weighted by Gasteiger charge is -2.45. The second kappa shape index (κ2) is 12.1. The van der Waals surface area contributed by atoms with Gasteiger partial charge in [0.2, 0.25) is 0 Å². The van der Waals surface area contributed by atoms with Crippen molar-refractivity contribution in [2.24, 2.45) is 5.73 Å². The summed E-state index contributed by atoms with van der Waals surface area (Å²) in [7, 11) is 0. The largest absolute Gasteiger partial charge is 0.394 e. The molecule has 2 heterocycles. The summed E-state index contributed by atoms with van der Waals surface area (Å²) in [4.78, 5) is 9.33. The van der Waals surface area contributed by atoms with Crippen LogP contribution in [0.15, 0.2) is 0 Å². The van der Waals surface area contributed by atoms with Crippen LogP contribution < -0.4 is 5.73 Å². The highest BCUT2D eigenvalue weighted by Gasteiger charge is 2.49. The fourth-order valence-electron chi connectivity index (χ4n) is 2.65. The number of aliphatic hydroxyl groups excluding tert-OH is 9. The van der Waals surface area contributed by atoms with Crippen molar-refractivity contribution in [2.45, 2.75) is 67.5 Å². The summed E-state index contributed by atoms with van der Waals surface area (Å²) in [6, 6.07) is -1.24. The Kier molecular flexibility index (Phi) is 10.9. The van der Waals surface area contributed by atoms with Crippen molar-refractivity contribution in [1.82, 2.24) is 0 Å². The van der Waals surface area contributed by atoms with Gasteiger partial charge in [-0.1, -0.05) is 0 Å². The molecule has 172 valence electrons. The van der Waals surface area contributed by atoms with Gasteiger partial charge in [-0.3, -0.25) is 0 Å². The topological polar surface area (TPSA) is 253 Å². The van der Waals surface area contributed by atoms with Crippen LogP contribution in [-0.4, -0.2) is 140 Å². The van der Waals surface area contributed by atoms with Gasteiger partial charge in [0, 0.05) is 0 Å². The normalized spacial score (nSPS) is 43.8. The molecule has 2 fully saturated rings. The molecule has 11 atom stereocenters. The molecule has 0 radical (unpaired) electrons. The molecule has 14 heteroatoms. The Morgan fingerprint density at radius 1 is 0.897 bits per heavy atom. The second-order valence-corrected chi connectivity index (χ2v) is 6.50. The number of hydrogen-bond acceptors (Lipinski definition) is 14. The SMILES string of the molecule is N[C@H]1[C@H](O[C@@H]2[C@@H](O)[C@@H](O)O[C@H](CO)[C@@H]2O)O[C@H](CO)[C@H](O)[C@@H]1O.O=C[C@H](O)CO. The smallest absolute Gasteiger partial charge is 0.184 e. The third-order valence-corrected chi connectivity index (χ3v) is 4.40. The van der Waals surface area contributed by atoms with Crippen molar-refractivity contribution >= 4 is 6.29 Å². The highest BCUT2D eigenvalue weighted by molar-refractivity contribution is 5.55. The van der Waals surface area contributed by atoms with E-state index in [0.717, 1.165) is 0 Å². The minimum absolute atomic E-state index is 0.278. The molecule has 2 rings (SSSR count). The number of carbonyl (C=O) groups excluding carboxylic acids is 1. The molecule has 0 aromatic rings. The maximum atomic E-state index is 10.0. The van der Waals surface area contributed by atoms with Crippen LogP contribution in [0.2, 0.25) is 0 Å². The van der Waals surface area contributed by atoms with Gasteiger partial charge in [-0.25, -0.2) is 0 Å². The van der Waals surface area contributed by atoms with Crippen LogP contribution in [-0.2, 0) is 19.0 Å². The van der Waals surface area contributed by atoms with E-state index in [1.54, 1.807) is 0 Å². The van der Waals surface area contributed by atoms with Crippen molar-refractivity contribution in [3.63, 3.8) is 0 Å². The molecule has 0 aromatic carbocycles. The van der Waals surface area contributed by atoms with Crippen LogP contribution in [0.3, 0.4) is 0 Å². The first-order valence-electron chi connectivity index (χ1n) is 8.71. The molecule has 0 amide bonds. The number of ether oxygens (including phenoxy) is 3. The molecule has 0 saturated carbocycles. The summed E-state index contributed by atoms with van der Waals surface area (Å²) in [5.74, 6) is 0. The average molecular weight is 431 g/mol. The quantitative estimate of drug-likeness (QED) is 0.175. The zero-order chi connectivity index (χ0) is 22.3. The Morgan fingerprint density at radius 2 is 1.45 bits per heavy atom. The minimum atomic E-state index is -1.72. The Bertz CT molecular complexity index is 483. The molecule has 2 aliphatic heterocycles. The van der Waals surface area contributed by atoms with Gasteiger partial charge in [0.05, 0.1) is 25.9 Å². The van der Waals surface area contributed by atoms with Gasteiger partial charge in [0.15, 0.2) is 18.9 Å². The Hall–Kier alpha value is -0.850. The average Bonchev–Trinajstić information content (AvgIpc) is 2.73. The lowest BCUT2D eigenvalue weighted by atomic mass is 9.96. The monoisotopic (exact) mass is 431 g/mol. The van der Waals surface area contributed by atoms with Crippen LogP contribution >= 0.6 is 0 Å². The van der Waals surface area contributed by atoms with Crippen LogP contribution in [0.5, 0.6) is 0 Å². The van der Waals surface area contributed by atoms with Gasteiger partial charge in [-0.2, -0.15) is 0 Å². The Balaban J connectivity index is 0.000000612. The Labute approximate surface area is 165 Å². The first-order chi connectivity index (χ1) is 13.6. The molecule has 0 unspecified atom stereocenters. The molecule has 29 heavy (non-hydrogen) atoms. The predicted molar refractivity (Wildman–Crippen MR) is 89.7 cm³/mol. The summed E-state index contributed by atoms with van der Waals surface area (Å²) in [6.45, 7) is -1.74. The maximum Gasteiger partial charge on any atom is 0.184 e. The summed E-state index contributed by atoms with van der Waals surface area (Å²) < 4.78 is 15.4. The summed E-state index contributed by atoms with van der Waals surface area (Å²) in [5.41, 5.74) is 5.69. The van der Waals surface area contributed by atoms with Crippen molar-refractivity contribution in [2.75, 3.05) is 19.8 Å². The molecule has 11 N–H and O–H groups in total. The number of rotatable bonds is 6. The third kappa shape index (κ3) is 6.56. The predicted octanol–water partition coefficient (Wildman–Crippen LogP) is -6.89. The van der Waals surface area contributed by atoms with E-state index in [2.05, 4.69) is 0 Å². The highest BCUT2D eigenvalue weighted by Crippen LogP contribution is 2.27. The fraction of sp³-hybridized carbons (Fsp3) is 0.933. The minimum Gasteiger partial charge on any atom is -0.394 e. The van der Waals surface area contributed by atoms with Crippen LogP contribution in [0.1, 0.15) is 0 Å². The van der Waals surface area contributed by atoms with Gasteiger partial charge >= 0.3 is 0 Å². The van der Waals surface area contributed by atoms with Gasteiger partial charge in [0.1, 0.15) is 48.8 Å². The van der Waals surface area contributed by atoms with Crippen molar-refractivity contribution in [3.8, 4) is 0 Å². The third-order valence-electron chi connectivity index (χ3n) is 4.40. The van der Waals surface area contributed by atoms with Gasteiger partial charge in [-0.05, 0) is 0 Å². The molecule has 14 nitrogen and oxygen atoms in total. The van der Waals surface area contributed by atoms with Gasteiger partial charge in [0.25, 0.3) is 0 Å². The lowest BCUT2D eigenvalue weighted by Crippen LogP contribution is -2.66. The van der Waals surface area contributed by atoms with E-state index >= 15 is 0 Å². The molecule has 0 spiro atoms. The molecule has 0 aliphatic carbocycles. The second-order valence-electron chi connectivity index (χ2n) is 6.50. The number of aliphatic hydroxyl groups is 9. The molecule has 2 saturated heterocycles. The Morgan fingerprint density at radius 3 is 1.90 bits per heavy atom. The van der Waals surface area contributed by atoms with E-state index in [0.29, 0.717) is 0 Å². The van der Waals surface area contributed by atoms with Crippen molar-refractivity contribution in [1.29, 1.82) is 0 Å². The van der Waals surface area contributed by atoms with E-state index < -0.39 is 87.3 Å². The molecule has 2 aliphatic rings.